The lowest BCUT2D eigenvalue weighted by Gasteiger charge is -2.10. The van der Waals surface area contributed by atoms with Crippen LogP contribution in [0, 0.1) is 0 Å². The van der Waals surface area contributed by atoms with Crippen molar-refractivity contribution in [3.05, 3.63) is 206 Å². The van der Waals surface area contributed by atoms with Crippen molar-refractivity contribution < 1.29 is 4.42 Å². The molecule has 12 aromatic rings. The molecule has 0 spiro atoms. The number of furan rings is 1. The Kier molecular flexibility index (Phi) is 6.93. The van der Waals surface area contributed by atoms with Crippen molar-refractivity contribution in [1.29, 1.82) is 0 Å². The zero-order valence-electron chi connectivity index (χ0n) is 30.9. The van der Waals surface area contributed by atoms with Crippen LogP contribution >= 0.6 is 0 Å². The van der Waals surface area contributed by atoms with Gasteiger partial charge in [0.15, 0.2) is 0 Å². The van der Waals surface area contributed by atoms with Crippen molar-refractivity contribution in [1.82, 2.24) is 9.13 Å². The molecule has 12 rings (SSSR count). The average molecular weight is 727 g/mol. The third-order valence-corrected chi connectivity index (χ3v) is 11.7. The maximum atomic E-state index is 7.34. The number of rotatable bonds is 5. The highest BCUT2D eigenvalue weighted by molar-refractivity contribution is 6.29. The van der Waals surface area contributed by atoms with Gasteiger partial charge in [0.25, 0.3) is 0 Å². The minimum absolute atomic E-state index is 0.907. The quantitative estimate of drug-likeness (QED) is 0.173. The zero-order valence-corrected chi connectivity index (χ0v) is 30.9. The van der Waals surface area contributed by atoms with Gasteiger partial charge in [0.1, 0.15) is 11.2 Å². The smallest absolute Gasteiger partial charge is 0.145 e. The highest BCUT2D eigenvalue weighted by Crippen LogP contribution is 2.46. The molecule has 0 N–H and O–H groups in total. The molecular formula is C54H34N2O. The molecule has 57 heavy (non-hydrogen) atoms. The second kappa shape index (κ2) is 12.5. The summed E-state index contributed by atoms with van der Waals surface area (Å²) in [6, 6.07) is 74.2. The Morgan fingerprint density at radius 1 is 0.263 bits per heavy atom. The summed E-state index contributed by atoms with van der Waals surface area (Å²) in [5, 5.41) is 6.81. The lowest BCUT2D eigenvalue weighted by Crippen LogP contribution is -1.93. The molecule has 0 saturated carbocycles. The molecule has 0 saturated heterocycles. The Labute approximate surface area is 328 Å². The normalized spacial score (nSPS) is 11.9. The van der Waals surface area contributed by atoms with Gasteiger partial charge in [-0.05, 0) is 106 Å². The van der Waals surface area contributed by atoms with E-state index in [1.165, 1.54) is 38.8 Å². The summed E-state index contributed by atoms with van der Waals surface area (Å²) in [4.78, 5) is 0. The van der Waals surface area contributed by atoms with Crippen LogP contribution < -0.4 is 0 Å². The molecule has 9 aromatic carbocycles. The van der Waals surface area contributed by atoms with Gasteiger partial charge in [-0.25, -0.2) is 0 Å². The Bertz CT molecular complexity index is 3470. The van der Waals surface area contributed by atoms with Crippen LogP contribution in [0.5, 0.6) is 0 Å². The first-order chi connectivity index (χ1) is 28.3. The van der Waals surface area contributed by atoms with Gasteiger partial charge in [-0.1, -0.05) is 133 Å². The van der Waals surface area contributed by atoms with Gasteiger partial charge >= 0.3 is 0 Å². The van der Waals surface area contributed by atoms with E-state index in [0.717, 1.165) is 71.5 Å². The van der Waals surface area contributed by atoms with E-state index in [1.54, 1.807) is 0 Å². The van der Waals surface area contributed by atoms with Crippen LogP contribution in [0.3, 0.4) is 0 Å². The second-order valence-corrected chi connectivity index (χ2v) is 14.9. The molecule has 3 nitrogen and oxygen atoms in total. The molecule has 0 radical (unpaired) electrons. The fraction of sp³-hybridized carbons (Fsp3) is 0. The maximum absolute atomic E-state index is 7.34. The molecule has 3 heterocycles. The van der Waals surface area contributed by atoms with Crippen LogP contribution in [-0.4, -0.2) is 9.13 Å². The molecule has 266 valence electrons. The SMILES string of the molecule is c1ccc(-c2ccc(-n3c4ccc(-c5ccccc5)cc4c4c5oc6c(ccc7c6c6cc(-c8ccccc8)ccc6n7-c6ccccc6)c5ccc43)cc2)cc1. The van der Waals surface area contributed by atoms with Gasteiger partial charge in [0.2, 0.25) is 0 Å². The molecule has 0 aliphatic heterocycles. The Hall–Kier alpha value is -7.62. The molecular weight excluding hydrogens is 693 g/mol. The van der Waals surface area contributed by atoms with E-state index in [0.29, 0.717) is 0 Å². The van der Waals surface area contributed by atoms with E-state index in [2.05, 4.69) is 215 Å². The number of benzene rings is 9. The van der Waals surface area contributed by atoms with Gasteiger partial charge in [-0.2, -0.15) is 0 Å². The third-order valence-electron chi connectivity index (χ3n) is 11.7. The summed E-state index contributed by atoms with van der Waals surface area (Å²) >= 11 is 0. The average Bonchev–Trinajstić information content (AvgIpc) is 3.95. The number of para-hydroxylation sites is 1. The molecule has 0 aliphatic rings. The van der Waals surface area contributed by atoms with Crippen LogP contribution in [0.2, 0.25) is 0 Å². The van der Waals surface area contributed by atoms with E-state index < -0.39 is 0 Å². The Morgan fingerprint density at radius 2 is 0.614 bits per heavy atom. The molecule has 3 heteroatoms. The van der Waals surface area contributed by atoms with Gasteiger partial charge in [0, 0.05) is 32.9 Å². The predicted molar refractivity (Wildman–Crippen MR) is 239 cm³/mol. The lowest BCUT2D eigenvalue weighted by atomic mass is 10.0. The van der Waals surface area contributed by atoms with Gasteiger partial charge < -0.3 is 13.6 Å². The third kappa shape index (κ3) is 4.86. The first kappa shape index (κ1) is 31.7. The summed E-state index contributed by atoms with van der Waals surface area (Å²) in [6.45, 7) is 0. The first-order valence-corrected chi connectivity index (χ1v) is 19.5. The number of hydrogen-bond donors (Lipinski definition) is 0. The number of hydrogen-bond acceptors (Lipinski definition) is 1. The summed E-state index contributed by atoms with van der Waals surface area (Å²) in [6.07, 6.45) is 0. The lowest BCUT2D eigenvalue weighted by molar-refractivity contribution is 0.677. The van der Waals surface area contributed by atoms with Crippen molar-refractivity contribution in [3.63, 3.8) is 0 Å². The molecule has 0 unspecified atom stereocenters. The van der Waals surface area contributed by atoms with Crippen LogP contribution in [0.4, 0.5) is 0 Å². The standard InChI is InChI=1S/C54H34N2O/c1-5-13-35(14-6-1)38-21-25-42(26-22-38)56-48-30-24-40(37-17-9-3-10-18-37)34-46(48)52-50(56)32-28-44-43-27-31-49-51(53(43)57-54(44)52)45-33-39(36-15-7-2-8-16-36)23-29-47(45)55(49)41-19-11-4-12-20-41/h1-34H. The minimum atomic E-state index is 0.907. The molecule has 3 aromatic heterocycles. The van der Waals surface area contributed by atoms with E-state index in [-0.39, 0.29) is 0 Å². The van der Waals surface area contributed by atoms with Gasteiger partial charge in [-0.15, -0.1) is 0 Å². The first-order valence-electron chi connectivity index (χ1n) is 19.5. The van der Waals surface area contributed by atoms with Crippen LogP contribution in [-0.2, 0) is 0 Å². The van der Waals surface area contributed by atoms with E-state index in [4.69, 9.17) is 4.42 Å². The molecule has 0 aliphatic carbocycles. The summed E-state index contributed by atoms with van der Waals surface area (Å²) in [7, 11) is 0. The Morgan fingerprint density at radius 3 is 1.07 bits per heavy atom. The molecule has 0 bridgehead atoms. The molecule has 0 amide bonds. The molecule has 0 atom stereocenters. The van der Waals surface area contributed by atoms with Crippen molar-refractivity contribution >= 4 is 65.6 Å². The largest absolute Gasteiger partial charge is 0.455 e. The van der Waals surface area contributed by atoms with Crippen molar-refractivity contribution in [2.24, 2.45) is 0 Å². The van der Waals surface area contributed by atoms with Crippen molar-refractivity contribution in [3.8, 4) is 44.8 Å². The van der Waals surface area contributed by atoms with Crippen molar-refractivity contribution in [2.75, 3.05) is 0 Å². The second-order valence-electron chi connectivity index (χ2n) is 14.9. The summed E-state index contributed by atoms with van der Waals surface area (Å²) < 4.78 is 12.1. The van der Waals surface area contributed by atoms with Crippen LogP contribution in [0.15, 0.2) is 211 Å². The highest BCUT2D eigenvalue weighted by Gasteiger charge is 2.23. The fourth-order valence-electron chi connectivity index (χ4n) is 9.09. The maximum Gasteiger partial charge on any atom is 0.145 e. The van der Waals surface area contributed by atoms with E-state index in [9.17, 15) is 0 Å². The van der Waals surface area contributed by atoms with Crippen molar-refractivity contribution in [2.45, 2.75) is 0 Å². The number of aromatic nitrogens is 2. The fourth-order valence-corrected chi connectivity index (χ4v) is 9.09. The van der Waals surface area contributed by atoms with Crippen LogP contribution in [0.1, 0.15) is 0 Å². The number of nitrogens with zero attached hydrogens (tertiary/aromatic N) is 2. The zero-order chi connectivity index (χ0) is 37.5. The predicted octanol–water partition coefficient (Wildman–Crippen LogP) is 14.8. The number of fused-ring (bicyclic) bond motifs is 11. The summed E-state index contributed by atoms with van der Waals surface area (Å²) in [5.41, 5.74) is 15.7. The van der Waals surface area contributed by atoms with Crippen LogP contribution in [0.25, 0.3) is 110 Å². The van der Waals surface area contributed by atoms with E-state index in [1.807, 2.05) is 0 Å². The van der Waals surface area contributed by atoms with Gasteiger partial charge in [-0.3, -0.25) is 0 Å². The minimum Gasteiger partial charge on any atom is -0.455 e. The van der Waals surface area contributed by atoms with E-state index >= 15 is 0 Å². The monoisotopic (exact) mass is 726 g/mol. The van der Waals surface area contributed by atoms with Gasteiger partial charge in [0.05, 0.1) is 32.8 Å². The highest BCUT2D eigenvalue weighted by atomic mass is 16.3. The topological polar surface area (TPSA) is 23.0 Å². The molecule has 0 fully saturated rings. The Balaban J connectivity index is 1.17. The summed E-state index contributed by atoms with van der Waals surface area (Å²) in [5.74, 6) is 0.